The van der Waals surface area contributed by atoms with Gasteiger partial charge in [-0.15, -0.1) is 0 Å². The fourth-order valence-corrected chi connectivity index (χ4v) is 2.87. The first-order chi connectivity index (χ1) is 9.43. The van der Waals surface area contributed by atoms with Crippen LogP contribution in [0.4, 0.5) is 5.69 Å². The summed E-state index contributed by atoms with van der Waals surface area (Å²) in [7, 11) is 0. The third-order valence-corrected chi connectivity index (χ3v) is 4.30. The first-order valence-electron chi connectivity index (χ1n) is 5.95. The summed E-state index contributed by atoms with van der Waals surface area (Å²) in [6.45, 7) is 1.65. The lowest BCUT2D eigenvalue weighted by atomic mass is 9.91. The third-order valence-electron chi connectivity index (χ3n) is 3.08. The molecule has 0 aliphatic heterocycles. The molecule has 104 valence electrons. The monoisotopic (exact) mass is 397 g/mol. The molecule has 1 atom stereocenters. The van der Waals surface area contributed by atoms with Crippen molar-refractivity contribution in [2.45, 2.75) is 12.5 Å². The maximum Gasteiger partial charge on any atom is 0.333 e. The van der Waals surface area contributed by atoms with Crippen molar-refractivity contribution in [3.05, 3.63) is 63.0 Å². The van der Waals surface area contributed by atoms with Crippen LogP contribution < -0.4 is 5.32 Å². The summed E-state index contributed by atoms with van der Waals surface area (Å²) in [6.07, 6.45) is 0. The van der Waals surface area contributed by atoms with Gasteiger partial charge in [0.2, 0.25) is 0 Å². The topological polar surface area (TPSA) is 49.3 Å². The lowest BCUT2D eigenvalue weighted by molar-refractivity contribution is -0.142. The quantitative estimate of drug-likeness (QED) is 0.789. The molecule has 2 aromatic rings. The van der Waals surface area contributed by atoms with Crippen LogP contribution in [0.2, 0.25) is 0 Å². The molecule has 5 heteroatoms. The number of carboxylic acid groups (broad SMARTS) is 1. The summed E-state index contributed by atoms with van der Waals surface area (Å²) in [6, 6.07) is 14.7. The fraction of sp³-hybridized carbons (Fsp3) is 0.133. The molecule has 0 bridgehead atoms. The number of hydrogen-bond acceptors (Lipinski definition) is 2. The van der Waals surface area contributed by atoms with Crippen molar-refractivity contribution in [2.75, 3.05) is 5.32 Å². The van der Waals surface area contributed by atoms with Gasteiger partial charge in [-0.25, -0.2) is 4.79 Å². The van der Waals surface area contributed by atoms with E-state index in [1.807, 2.05) is 42.5 Å². The van der Waals surface area contributed by atoms with Gasteiger partial charge in [-0.3, -0.25) is 0 Å². The van der Waals surface area contributed by atoms with Gasteiger partial charge in [0.05, 0.1) is 0 Å². The van der Waals surface area contributed by atoms with Crippen molar-refractivity contribution in [1.29, 1.82) is 0 Å². The Kier molecular flexibility index (Phi) is 4.50. The van der Waals surface area contributed by atoms with Crippen molar-refractivity contribution in [3.8, 4) is 0 Å². The van der Waals surface area contributed by atoms with E-state index in [1.165, 1.54) is 0 Å². The average molecular weight is 399 g/mol. The smallest absolute Gasteiger partial charge is 0.333 e. The molecule has 20 heavy (non-hydrogen) atoms. The van der Waals surface area contributed by atoms with Gasteiger partial charge in [-0.1, -0.05) is 50.1 Å². The van der Waals surface area contributed by atoms with Crippen molar-refractivity contribution >= 4 is 43.5 Å². The van der Waals surface area contributed by atoms with Crippen LogP contribution >= 0.6 is 31.9 Å². The van der Waals surface area contributed by atoms with Gasteiger partial charge in [0.15, 0.2) is 5.54 Å². The molecule has 0 aromatic heterocycles. The van der Waals surface area contributed by atoms with Crippen LogP contribution in [0.25, 0.3) is 0 Å². The number of carbonyl (C=O) groups is 1. The number of nitrogens with one attached hydrogen (secondary N) is 1. The Hall–Kier alpha value is -1.33. The molecule has 0 fully saturated rings. The molecule has 0 amide bonds. The number of aliphatic carboxylic acids is 1. The van der Waals surface area contributed by atoms with Crippen LogP contribution in [0.15, 0.2) is 57.5 Å². The Bertz CT molecular complexity index is 628. The van der Waals surface area contributed by atoms with E-state index in [9.17, 15) is 9.90 Å². The highest BCUT2D eigenvalue weighted by Gasteiger charge is 2.36. The molecule has 2 rings (SSSR count). The van der Waals surface area contributed by atoms with E-state index < -0.39 is 11.5 Å². The fourth-order valence-electron chi connectivity index (χ4n) is 1.92. The molecule has 0 saturated heterocycles. The zero-order valence-corrected chi connectivity index (χ0v) is 13.9. The van der Waals surface area contributed by atoms with Gasteiger partial charge in [0, 0.05) is 20.2 Å². The number of anilines is 1. The average Bonchev–Trinajstić information content (AvgIpc) is 2.41. The SMILES string of the molecule is CC(Nc1ccc(Br)cc1)(C(=O)O)c1ccccc1Br. The number of carboxylic acids is 1. The zero-order chi connectivity index (χ0) is 14.8. The molecule has 3 nitrogen and oxygen atoms in total. The number of halogens is 2. The van der Waals surface area contributed by atoms with Gasteiger partial charge < -0.3 is 10.4 Å². The van der Waals surface area contributed by atoms with Gasteiger partial charge in [-0.05, 0) is 37.3 Å². The number of hydrogen-bond donors (Lipinski definition) is 2. The summed E-state index contributed by atoms with van der Waals surface area (Å²) >= 11 is 6.77. The van der Waals surface area contributed by atoms with E-state index >= 15 is 0 Å². The summed E-state index contributed by atoms with van der Waals surface area (Å²) in [5.74, 6) is -0.938. The van der Waals surface area contributed by atoms with Gasteiger partial charge in [0.1, 0.15) is 0 Å². The van der Waals surface area contributed by atoms with Crippen LogP contribution in [-0.2, 0) is 10.3 Å². The van der Waals surface area contributed by atoms with E-state index in [0.717, 1.165) is 14.6 Å². The van der Waals surface area contributed by atoms with Crippen molar-refractivity contribution in [1.82, 2.24) is 0 Å². The minimum Gasteiger partial charge on any atom is -0.479 e. The zero-order valence-electron chi connectivity index (χ0n) is 10.7. The normalized spacial score (nSPS) is 13.6. The van der Waals surface area contributed by atoms with Gasteiger partial charge >= 0.3 is 5.97 Å². The Morgan fingerprint density at radius 1 is 1.10 bits per heavy atom. The van der Waals surface area contributed by atoms with Crippen LogP contribution in [-0.4, -0.2) is 11.1 Å². The van der Waals surface area contributed by atoms with Crippen molar-refractivity contribution in [3.63, 3.8) is 0 Å². The Labute approximate surface area is 134 Å². The molecule has 0 heterocycles. The summed E-state index contributed by atoms with van der Waals surface area (Å²) in [5, 5.41) is 12.7. The molecule has 1 unspecified atom stereocenters. The number of rotatable bonds is 4. The molecular formula is C15H13Br2NO2. The van der Waals surface area contributed by atoms with Crippen molar-refractivity contribution in [2.24, 2.45) is 0 Å². The lowest BCUT2D eigenvalue weighted by Gasteiger charge is -2.29. The Morgan fingerprint density at radius 2 is 1.70 bits per heavy atom. The highest BCUT2D eigenvalue weighted by molar-refractivity contribution is 9.10. The van der Waals surface area contributed by atoms with E-state index in [4.69, 9.17) is 0 Å². The van der Waals surface area contributed by atoms with Crippen LogP contribution in [0.1, 0.15) is 12.5 Å². The molecule has 2 N–H and O–H groups in total. The number of benzene rings is 2. The predicted molar refractivity (Wildman–Crippen MR) is 86.9 cm³/mol. The van der Waals surface area contributed by atoms with Crippen LogP contribution in [0, 0.1) is 0 Å². The van der Waals surface area contributed by atoms with Gasteiger partial charge in [-0.2, -0.15) is 0 Å². The van der Waals surface area contributed by atoms with Crippen molar-refractivity contribution < 1.29 is 9.90 Å². The second-order valence-electron chi connectivity index (χ2n) is 4.54. The second-order valence-corrected chi connectivity index (χ2v) is 6.31. The highest BCUT2D eigenvalue weighted by Crippen LogP contribution is 2.32. The first-order valence-corrected chi connectivity index (χ1v) is 7.54. The maximum absolute atomic E-state index is 11.8. The second kappa shape index (κ2) is 5.97. The Morgan fingerprint density at radius 3 is 2.25 bits per heavy atom. The largest absolute Gasteiger partial charge is 0.479 e. The maximum atomic E-state index is 11.8. The molecule has 2 aromatic carbocycles. The predicted octanol–water partition coefficient (Wildman–Crippen LogP) is 4.62. The minimum atomic E-state index is -1.21. The van der Waals surface area contributed by atoms with E-state index in [1.54, 1.807) is 13.0 Å². The summed E-state index contributed by atoms with van der Waals surface area (Å²) in [4.78, 5) is 11.8. The van der Waals surface area contributed by atoms with E-state index in [0.29, 0.717) is 5.56 Å². The molecule has 0 radical (unpaired) electrons. The van der Waals surface area contributed by atoms with Crippen LogP contribution in [0.5, 0.6) is 0 Å². The lowest BCUT2D eigenvalue weighted by Crippen LogP contribution is -2.40. The summed E-state index contributed by atoms with van der Waals surface area (Å²) in [5.41, 5.74) is 0.206. The van der Waals surface area contributed by atoms with E-state index in [-0.39, 0.29) is 0 Å². The summed E-state index contributed by atoms with van der Waals surface area (Å²) < 4.78 is 1.70. The minimum absolute atomic E-state index is 0.676. The van der Waals surface area contributed by atoms with Gasteiger partial charge in [0.25, 0.3) is 0 Å². The molecule has 0 saturated carbocycles. The Balaban J connectivity index is 2.43. The van der Waals surface area contributed by atoms with Crippen LogP contribution in [0.3, 0.4) is 0 Å². The van der Waals surface area contributed by atoms with E-state index in [2.05, 4.69) is 37.2 Å². The first kappa shape index (κ1) is 15.1. The molecule has 0 aliphatic carbocycles. The molecule has 0 aliphatic rings. The molecular weight excluding hydrogens is 386 g/mol. The molecule has 0 spiro atoms. The highest BCUT2D eigenvalue weighted by atomic mass is 79.9. The third kappa shape index (κ3) is 3.04. The standard InChI is InChI=1S/C15H13Br2NO2/c1-15(14(19)20,12-4-2-3-5-13(12)17)18-11-8-6-10(16)7-9-11/h2-9,18H,1H3,(H,19,20).